The van der Waals surface area contributed by atoms with E-state index in [9.17, 15) is 4.79 Å². The zero-order chi connectivity index (χ0) is 22.9. The van der Waals surface area contributed by atoms with Crippen molar-refractivity contribution in [3.8, 4) is 11.1 Å². The SMILES string of the molecule is O=C1NCc2c(-c3ccccc3Cl)cc(C=C3CCCNC3)cc2N1c1c(Cl)cccc1Cl. The normalized spacial score (nSPS) is 17.1. The number of amides is 2. The average molecular weight is 499 g/mol. The van der Waals surface area contributed by atoms with Crippen molar-refractivity contribution >= 4 is 58.3 Å². The Morgan fingerprint density at radius 1 is 0.879 bits per heavy atom. The van der Waals surface area contributed by atoms with Gasteiger partial charge in [-0.15, -0.1) is 0 Å². The molecule has 0 aromatic heterocycles. The molecule has 1 fully saturated rings. The molecular weight excluding hydrogens is 477 g/mol. The number of benzene rings is 3. The number of fused-ring (bicyclic) bond motifs is 1. The van der Waals surface area contributed by atoms with Gasteiger partial charge in [0.15, 0.2) is 0 Å². The first-order chi connectivity index (χ1) is 16.0. The summed E-state index contributed by atoms with van der Waals surface area (Å²) in [6.45, 7) is 2.27. The predicted molar refractivity (Wildman–Crippen MR) is 138 cm³/mol. The first kappa shape index (κ1) is 22.3. The summed E-state index contributed by atoms with van der Waals surface area (Å²) in [5, 5.41) is 7.87. The van der Waals surface area contributed by atoms with Crippen LogP contribution in [0.2, 0.25) is 15.1 Å². The lowest BCUT2D eigenvalue weighted by Gasteiger charge is -2.33. The maximum Gasteiger partial charge on any atom is 0.326 e. The molecule has 0 atom stereocenters. The van der Waals surface area contributed by atoms with Crippen molar-refractivity contribution in [2.75, 3.05) is 18.0 Å². The molecule has 1 saturated heterocycles. The zero-order valence-corrected chi connectivity index (χ0v) is 20.1. The molecular formula is C26H22Cl3N3O. The zero-order valence-electron chi connectivity index (χ0n) is 17.8. The van der Waals surface area contributed by atoms with Crippen LogP contribution in [0.1, 0.15) is 24.0 Å². The number of anilines is 2. The molecule has 0 bridgehead atoms. The van der Waals surface area contributed by atoms with E-state index in [2.05, 4.69) is 22.8 Å². The first-order valence-electron chi connectivity index (χ1n) is 10.9. The highest BCUT2D eigenvalue weighted by Gasteiger charge is 2.31. The fourth-order valence-electron chi connectivity index (χ4n) is 4.48. The van der Waals surface area contributed by atoms with Gasteiger partial charge < -0.3 is 10.6 Å². The second-order valence-corrected chi connectivity index (χ2v) is 9.41. The number of para-hydroxylation sites is 1. The largest absolute Gasteiger partial charge is 0.333 e. The number of rotatable bonds is 3. The maximum absolute atomic E-state index is 13.1. The lowest BCUT2D eigenvalue weighted by Crippen LogP contribution is -2.41. The first-order valence-corrected chi connectivity index (χ1v) is 12.0. The third-order valence-corrected chi connectivity index (χ3v) is 6.95. The van der Waals surface area contributed by atoms with Crippen molar-refractivity contribution in [1.82, 2.24) is 10.6 Å². The molecule has 33 heavy (non-hydrogen) atoms. The van der Waals surface area contributed by atoms with Crippen LogP contribution in [-0.4, -0.2) is 19.1 Å². The summed E-state index contributed by atoms with van der Waals surface area (Å²) >= 11 is 19.7. The van der Waals surface area contributed by atoms with Crippen molar-refractivity contribution in [3.05, 3.63) is 86.4 Å². The molecule has 2 N–H and O–H groups in total. The van der Waals surface area contributed by atoms with Crippen molar-refractivity contribution in [2.24, 2.45) is 0 Å². The van der Waals surface area contributed by atoms with Gasteiger partial charge in [0.1, 0.15) is 0 Å². The molecule has 2 aliphatic rings. The van der Waals surface area contributed by atoms with Crippen molar-refractivity contribution in [1.29, 1.82) is 0 Å². The van der Waals surface area contributed by atoms with Gasteiger partial charge in [0.25, 0.3) is 0 Å². The summed E-state index contributed by atoms with van der Waals surface area (Å²) in [5.41, 5.74) is 6.40. The molecule has 0 aliphatic carbocycles. The Morgan fingerprint density at radius 3 is 2.36 bits per heavy atom. The van der Waals surface area contributed by atoms with E-state index < -0.39 is 0 Å². The fraction of sp³-hybridized carbons (Fsp3) is 0.192. The Morgan fingerprint density at radius 2 is 1.64 bits per heavy atom. The van der Waals surface area contributed by atoms with Gasteiger partial charge in [-0.1, -0.05) is 70.7 Å². The molecule has 7 heteroatoms. The highest BCUT2D eigenvalue weighted by molar-refractivity contribution is 6.40. The molecule has 2 aliphatic heterocycles. The Labute approximate surface area is 208 Å². The third kappa shape index (κ3) is 4.36. The number of nitrogens with one attached hydrogen (secondary N) is 2. The molecule has 2 amide bonds. The van der Waals surface area contributed by atoms with Crippen LogP contribution in [0.3, 0.4) is 0 Å². The minimum Gasteiger partial charge on any atom is -0.333 e. The lowest BCUT2D eigenvalue weighted by molar-refractivity contribution is 0.247. The van der Waals surface area contributed by atoms with Crippen molar-refractivity contribution in [3.63, 3.8) is 0 Å². The van der Waals surface area contributed by atoms with Gasteiger partial charge in [0, 0.05) is 29.2 Å². The van der Waals surface area contributed by atoms with Crippen LogP contribution in [0.15, 0.2) is 60.2 Å². The van der Waals surface area contributed by atoms with Gasteiger partial charge in [-0.05, 0) is 60.8 Å². The number of carbonyl (C=O) groups excluding carboxylic acids is 1. The molecule has 0 saturated carbocycles. The highest BCUT2D eigenvalue weighted by atomic mass is 35.5. The Balaban J connectivity index is 1.76. The van der Waals surface area contributed by atoms with E-state index in [1.165, 1.54) is 5.57 Å². The standard InChI is InChI=1S/C26H22Cl3N3O/c27-21-7-2-1-6-18(21)19-12-17(11-16-5-4-10-30-14-16)13-24-20(19)15-31-26(33)32(24)25-22(28)8-3-9-23(25)29/h1-3,6-9,11-13,30H,4-5,10,14-15H2,(H,31,33). The summed E-state index contributed by atoms with van der Waals surface area (Å²) in [6, 6.07) is 16.9. The van der Waals surface area contributed by atoms with Gasteiger partial charge in [-0.3, -0.25) is 4.90 Å². The summed E-state index contributed by atoms with van der Waals surface area (Å²) < 4.78 is 0. The fourth-order valence-corrected chi connectivity index (χ4v) is 5.28. The van der Waals surface area contributed by atoms with E-state index in [1.807, 2.05) is 30.3 Å². The topological polar surface area (TPSA) is 44.4 Å². The quantitative estimate of drug-likeness (QED) is 0.394. The van der Waals surface area contributed by atoms with Crippen LogP contribution in [0.25, 0.3) is 17.2 Å². The molecule has 0 unspecified atom stereocenters. The summed E-state index contributed by atoms with van der Waals surface area (Å²) in [6.07, 6.45) is 4.36. The minimum atomic E-state index is -0.272. The van der Waals surface area contributed by atoms with Gasteiger partial charge in [-0.2, -0.15) is 0 Å². The van der Waals surface area contributed by atoms with Crippen molar-refractivity contribution in [2.45, 2.75) is 19.4 Å². The van der Waals surface area contributed by atoms with Crippen LogP contribution in [0.4, 0.5) is 16.2 Å². The lowest BCUT2D eigenvalue weighted by atomic mass is 9.92. The van der Waals surface area contributed by atoms with Crippen LogP contribution >= 0.6 is 34.8 Å². The smallest absolute Gasteiger partial charge is 0.326 e. The monoisotopic (exact) mass is 497 g/mol. The Kier molecular flexibility index (Phi) is 6.35. The predicted octanol–water partition coefficient (Wildman–Crippen LogP) is 7.44. The molecule has 3 aromatic carbocycles. The van der Waals surface area contributed by atoms with E-state index >= 15 is 0 Å². The number of piperidine rings is 1. The summed E-state index contributed by atoms with van der Waals surface area (Å²) in [7, 11) is 0. The van der Waals surface area contributed by atoms with Gasteiger partial charge in [0.2, 0.25) is 0 Å². The van der Waals surface area contributed by atoms with E-state index in [1.54, 1.807) is 23.1 Å². The van der Waals surface area contributed by atoms with Gasteiger partial charge >= 0.3 is 6.03 Å². The van der Waals surface area contributed by atoms with E-state index in [4.69, 9.17) is 34.8 Å². The van der Waals surface area contributed by atoms with E-state index in [-0.39, 0.29) is 6.03 Å². The Hall–Kier alpha value is -2.50. The molecule has 4 nitrogen and oxygen atoms in total. The number of halogens is 3. The van der Waals surface area contributed by atoms with Crippen LogP contribution in [0, 0.1) is 0 Å². The molecule has 0 radical (unpaired) electrons. The highest BCUT2D eigenvalue weighted by Crippen LogP contribution is 2.45. The van der Waals surface area contributed by atoms with Crippen LogP contribution in [-0.2, 0) is 6.54 Å². The number of carbonyl (C=O) groups is 1. The maximum atomic E-state index is 13.1. The number of hydrogen-bond donors (Lipinski definition) is 2. The van der Waals surface area contributed by atoms with Gasteiger partial charge in [-0.25, -0.2) is 4.79 Å². The molecule has 3 aromatic rings. The number of urea groups is 1. The summed E-state index contributed by atoms with van der Waals surface area (Å²) in [5.74, 6) is 0. The van der Waals surface area contributed by atoms with Gasteiger partial charge in [0.05, 0.1) is 21.4 Å². The second-order valence-electron chi connectivity index (χ2n) is 8.19. The minimum absolute atomic E-state index is 0.272. The Bertz CT molecular complexity index is 1240. The average Bonchev–Trinajstić information content (AvgIpc) is 2.81. The molecule has 2 heterocycles. The number of nitrogens with zero attached hydrogens (tertiary/aromatic N) is 1. The second kappa shape index (κ2) is 9.40. The molecule has 5 rings (SSSR count). The molecule has 168 valence electrons. The van der Waals surface area contributed by atoms with E-state index in [0.717, 1.165) is 53.9 Å². The van der Waals surface area contributed by atoms with E-state index in [0.29, 0.717) is 27.3 Å². The van der Waals surface area contributed by atoms with Crippen molar-refractivity contribution < 1.29 is 4.79 Å². The number of hydrogen-bond acceptors (Lipinski definition) is 2. The third-order valence-electron chi connectivity index (χ3n) is 6.01. The molecule has 0 spiro atoms. The summed E-state index contributed by atoms with van der Waals surface area (Å²) in [4.78, 5) is 14.7. The van der Waals surface area contributed by atoms with Crippen LogP contribution in [0.5, 0.6) is 0 Å². The van der Waals surface area contributed by atoms with Crippen LogP contribution < -0.4 is 15.5 Å².